The monoisotopic (exact) mass is 244 g/mol. The number of hydrogen-bond donors (Lipinski definition) is 0. The Hall–Kier alpha value is -0.240. The average molecular weight is 245 g/mol. The normalized spacial score (nSPS) is 11.1. The molecule has 0 saturated carbocycles. The van der Waals surface area contributed by atoms with Crippen molar-refractivity contribution in [1.82, 2.24) is 0 Å². The number of rotatable bonds is 2. The molecular weight excluding hydrogens is 235 g/mol. The molecule has 1 aromatic carbocycles. The molecule has 3 heteroatoms. The molecule has 14 heavy (non-hydrogen) atoms. The van der Waals surface area contributed by atoms with Crippen molar-refractivity contribution in [3.05, 3.63) is 33.7 Å². The summed E-state index contributed by atoms with van der Waals surface area (Å²) in [6, 6.07) is 6.25. The van der Waals surface area contributed by atoms with Gasteiger partial charge in [-0.3, -0.25) is 0 Å². The van der Waals surface area contributed by atoms with Gasteiger partial charge in [-0.15, -0.1) is 22.9 Å². The van der Waals surface area contributed by atoms with Gasteiger partial charge in [0, 0.05) is 10.6 Å². The molecule has 0 fully saturated rings. The highest BCUT2D eigenvalue weighted by Crippen LogP contribution is 2.35. The molecule has 0 aliphatic rings. The van der Waals surface area contributed by atoms with Gasteiger partial charge < -0.3 is 0 Å². The second-order valence-electron chi connectivity index (χ2n) is 3.16. The molecule has 0 aliphatic heterocycles. The van der Waals surface area contributed by atoms with Crippen LogP contribution in [-0.2, 0) is 12.3 Å². The van der Waals surface area contributed by atoms with Crippen LogP contribution in [0.2, 0.25) is 4.34 Å². The van der Waals surface area contributed by atoms with Crippen LogP contribution in [0.1, 0.15) is 18.1 Å². The van der Waals surface area contributed by atoms with Crippen LogP contribution in [0.3, 0.4) is 0 Å². The van der Waals surface area contributed by atoms with E-state index in [4.69, 9.17) is 23.2 Å². The molecule has 0 radical (unpaired) electrons. The topological polar surface area (TPSA) is 0 Å². The number of hydrogen-bond acceptors (Lipinski definition) is 1. The zero-order valence-corrected chi connectivity index (χ0v) is 10.1. The maximum absolute atomic E-state index is 6.02. The van der Waals surface area contributed by atoms with E-state index in [0.29, 0.717) is 5.88 Å². The Morgan fingerprint density at radius 2 is 2.00 bits per heavy atom. The quantitative estimate of drug-likeness (QED) is 0.663. The molecule has 1 aromatic heterocycles. The summed E-state index contributed by atoms with van der Waals surface area (Å²) in [4.78, 5) is 0. The van der Waals surface area contributed by atoms with Crippen molar-refractivity contribution in [3.8, 4) is 0 Å². The molecule has 0 aliphatic carbocycles. The minimum Gasteiger partial charge on any atom is -0.123 e. The van der Waals surface area contributed by atoms with Crippen LogP contribution < -0.4 is 0 Å². The lowest BCUT2D eigenvalue weighted by atomic mass is 10.1. The van der Waals surface area contributed by atoms with Crippen molar-refractivity contribution < 1.29 is 0 Å². The van der Waals surface area contributed by atoms with E-state index in [0.717, 1.165) is 10.8 Å². The van der Waals surface area contributed by atoms with Gasteiger partial charge in [-0.1, -0.05) is 30.7 Å². The number of fused-ring (bicyclic) bond motifs is 1. The molecule has 0 spiro atoms. The van der Waals surface area contributed by atoms with Crippen molar-refractivity contribution in [3.63, 3.8) is 0 Å². The number of aryl methyl sites for hydroxylation is 1. The van der Waals surface area contributed by atoms with Crippen LogP contribution in [0, 0.1) is 0 Å². The molecular formula is C11H10Cl2S. The molecule has 0 bridgehead atoms. The fourth-order valence-corrected chi connectivity index (χ4v) is 3.19. The maximum Gasteiger partial charge on any atom is 0.0941 e. The molecule has 1 heterocycles. The van der Waals surface area contributed by atoms with Crippen LogP contribution in [-0.4, -0.2) is 0 Å². The van der Waals surface area contributed by atoms with Crippen LogP contribution in [0.4, 0.5) is 0 Å². The van der Waals surface area contributed by atoms with Crippen LogP contribution >= 0.6 is 34.5 Å². The smallest absolute Gasteiger partial charge is 0.0941 e. The summed E-state index contributed by atoms with van der Waals surface area (Å²) >= 11 is 13.5. The van der Waals surface area contributed by atoms with Crippen molar-refractivity contribution in [2.24, 2.45) is 0 Å². The van der Waals surface area contributed by atoms with E-state index < -0.39 is 0 Å². The summed E-state index contributed by atoms with van der Waals surface area (Å²) in [6.07, 6.45) is 1.04. The molecule has 2 rings (SSSR count). The third-order valence-electron chi connectivity index (χ3n) is 2.35. The molecule has 2 aromatic rings. The average Bonchev–Trinajstić information content (AvgIpc) is 2.57. The highest BCUT2D eigenvalue weighted by Gasteiger charge is 2.07. The van der Waals surface area contributed by atoms with E-state index >= 15 is 0 Å². The van der Waals surface area contributed by atoms with Gasteiger partial charge in [-0.05, 0) is 29.0 Å². The molecule has 0 nitrogen and oxygen atoms in total. The predicted octanol–water partition coefficient (Wildman–Crippen LogP) is 4.86. The van der Waals surface area contributed by atoms with E-state index in [1.807, 2.05) is 6.07 Å². The summed E-state index contributed by atoms with van der Waals surface area (Å²) in [7, 11) is 0. The number of benzene rings is 1. The van der Waals surface area contributed by atoms with Crippen LogP contribution in [0.15, 0.2) is 18.2 Å². The first-order valence-electron chi connectivity index (χ1n) is 4.52. The highest BCUT2D eigenvalue weighted by molar-refractivity contribution is 7.22. The van der Waals surface area contributed by atoms with Gasteiger partial charge in [0.15, 0.2) is 0 Å². The predicted molar refractivity (Wildman–Crippen MR) is 65.8 cm³/mol. The number of alkyl halides is 1. The third-order valence-corrected chi connectivity index (χ3v) is 3.98. The Morgan fingerprint density at radius 3 is 2.64 bits per heavy atom. The Labute approximate surface area is 97.5 Å². The summed E-state index contributed by atoms with van der Waals surface area (Å²) in [5.74, 6) is 0.549. The highest BCUT2D eigenvalue weighted by atomic mass is 35.5. The van der Waals surface area contributed by atoms with E-state index in [-0.39, 0.29) is 0 Å². The number of thiophene rings is 1. The standard InChI is InChI=1S/C11H10Cl2S/c1-2-7-3-4-8(6-12)9-5-10(13)14-11(7)9/h3-5H,2,6H2,1H3. The lowest BCUT2D eigenvalue weighted by molar-refractivity contribution is 1.16. The first-order chi connectivity index (χ1) is 6.76. The Balaban J connectivity index is 2.77. The maximum atomic E-state index is 6.02. The van der Waals surface area contributed by atoms with Crippen molar-refractivity contribution in [2.45, 2.75) is 19.2 Å². The van der Waals surface area contributed by atoms with E-state index in [1.54, 1.807) is 11.3 Å². The second-order valence-corrected chi connectivity index (χ2v) is 5.12. The second kappa shape index (κ2) is 4.09. The van der Waals surface area contributed by atoms with Gasteiger partial charge in [0.05, 0.1) is 4.34 Å². The molecule has 74 valence electrons. The Bertz CT molecular complexity index is 419. The van der Waals surface area contributed by atoms with Gasteiger partial charge in [0.2, 0.25) is 0 Å². The van der Waals surface area contributed by atoms with E-state index in [9.17, 15) is 0 Å². The Morgan fingerprint density at radius 1 is 1.29 bits per heavy atom. The van der Waals surface area contributed by atoms with E-state index in [2.05, 4.69) is 19.1 Å². The SMILES string of the molecule is CCc1ccc(CCl)c2cc(Cl)sc12. The molecule has 0 atom stereocenters. The summed E-state index contributed by atoms with van der Waals surface area (Å²) in [5, 5.41) is 1.22. The minimum absolute atomic E-state index is 0.549. The summed E-state index contributed by atoms with van der Waals surface area (Å²) < 4.78 is 2.13. The fraction of sp³-hybridized carbons (Fsp3) is 0.273. The van der Waals surface area contributed by atoms with Gasteiger partial charge in [0.25, 0.3) is 0 Å². The van der Waals surface area contributed by atoms with Crippen LogP contribution in [0.25, 0.3) is 10.1 Å². The van der Waals surface area contributed by atoms with E-state index in [1.165, 1.54) is 21.2 Å². The van der Waals surface area contributed by atoms with Crippen molar-refractivity contribution in [2.75, 3.05) is 0 Å². The molecule has 0 unspecified atom stereocenters. The molecule has 0 saturated heterocycles. The van der Waals surface area contributed by atoms with Crippen molar-refractivity contribution in [1.29, 1.82) is 0 Å². The number of halogens is 2. The summed E-state index contributed by atoms with van der Waals surface area (Å²) in [5.41, 5.74) is 2.52. The van der Waals surface area contributed by atoms with Gasteiger partial charge in [0.1, 0.15) is 0 Å². The first kappa shape index (κ1) is 10.3. The zero-order valence-electron chi connectivity index (χ0n) is 7.81. The van der Waals surface area contributed by atoms with Gasteiger partial charge in [-0.2, -0.15) is 0 Å². The Kier molecular flexibility index (Phi) is 3.01. The van der Waals surface area contributed by atoms with Gasteiger partial charge in [-0.25, -0.2) is 0 Å². The lowest BCUT2D eigenvalue weighted by Crippen LogP contribution is -1.84. The minimum atomic E-state index is 0.549. The van der Waals surface area contributed by atoms with Crippen LogP contribution in [0.5, 0.6) is 0 Å². The first-order valence-corrected chi connectivity index (χ1v) is 6.25. The zero-order chi connectivity index (χ0) is 10.1. The lowest BCUT2D eigenvalue weighted by Gasteiger charge is -2.02. The third kappa shape index (κ3) is 1.65. The van der Waals surface area contributed by atoms with Gasteiger partial charge >= 0.3 is 0 Å². The molecule has 0 N–H and O–H groups in total. The fourth-order valence-electron chi connectivity index (χ4n) is 1.60. The molecule has 0 amide bonds. The van der Waals surface area contributed by atoms with Crippen molar-refractivity contribution >= 4 is 44.6 Å². The summed E-state index contributed by atoms with van der Waals surface area (Å²) in [6.45, 7) is 2.16. The largest absolute Gasteiger partial charge is 0.123 e.